The van der Waals surface area contributed by atoms with E-state index in [1.165, 1.54) is 0 Å². The molecule has 1 N–H and O–H groups in total. The van der Waals surface area contributed by atoms with Crippen molar-refractivity contribution in [2.45, 2.75) is 6.92 Å². The molecule has 0 aromatic heterocycles. The summed E-state index contributed by atoms with van der Waals surface area (Å²) in [5.41, 5.74) is 0.568. The number of carbonyl (C=O) groups is 2. The lowest BCUT2D eigenvalue weighted by Gasteiger charge is -2.11. The lowest BCUT2D eigenvalue weighted by Crippen LogP contribution is -2.06. The maximum atomic E-state index is 12.2. The molecule has 0 amide bonds. The van der Waals surface area contributed by atoms with E-state index < -0.39 is 11.9 Å². The fourth-order valence-electron chi connectivity index (χ4n) is 2.71. The summed E-state index contributed by atoms with van der Waals surface area (Å²) in [6, 6.07) is 14.1. The lowest BCUT2D eigenvalue weighted by atomic mass is 9.94. The summed E-state index contributed by atoms with van der Waals surface area (Å²) in [5, 5.41) is 12.2. The van der Waals surface area contributed by atoms with E-state index >= 15 is 0 Å². The summed E-state index contributed by atoms with van der Waals surface area (Å²) < 4.78 is 5.10. The highest BCUT2D eigenvalue weighted by atomic mass is 16.5. The highest BCUT2D eigenvalue weighted by Gasteiger charge is 2.17. The van der Waals surface area contributed by atoms with Gasteiger partial charge in [-0.3, -0.25) is 0 Å². The Kier molecular flexibility index (Phi) is 3.51. The average molecular weight is 294 g/mol. The van der Waals surface area contributed by atoms with Crippen molar-refractivity contribution in [3.8, 4) is 0 Å². The number of aromatic carboxylic acids is 1. The summed E-state index contributed by atoms with van der Waals surface area (Å²) in [5.74, 6) is -1.46. The maximum Gasteiger partial charge on any atom is 0.338 e. The van der Waals surface area contributed by atoms with Gasteiger partial charge in [-0.1, -0.05) is 36.4 Å². The van der Waals surface area contributed by atoms with E-state index in [0.29, 0.717) is 16.3 Å². The number of esters is 1. The molecule has 0 aliphatic rings. The molecule has 0 aliphatic heterocycles. The number of benzene rings is 3. The number of rotatable bonds is 3. The molecular weight excluding hydrogens is 280 g/mol. The minimum atomic E-state index is -1.02. The van der Waals surface area contributed by atoms with Gasteiger partial charge in [0.05, 0.1) is 17.7 Å². The molecule has 4 heteroatoms. The molecule has 0 saturated heterocycles. The van der Waals surface area contributed by atoms with E-state index in [2.05, 4.69) is 0 Å². The Morgan fingerprint density at radius 2 is 1.45 bits per heavy atom. The Balaban J connectivity index is 2.48. The molecule has 0 radical (unpaired) electrons. The third-order valence-corrected chi connectivity index (χ3v) is 3.61. The molecule has 0 fully saturated rings. The quantitative estimate of drug-likeness (QED) is 0.588. The van der Waals surface area contributed by atoms with Gasteiger partial charge in [-0.05, 0) is 29.8 Å². The summed E-state index contributed by atoms with van der Waals surface area (Å²) >= 11 is 0. The van der Waals surface area contributed by atoms with E-state index in [0.717, 1.165) is 10.8 Å². The van der Waals surface area contributed by atoms with Gasteiger partial charge in [0, 0.05) is 10.8 Å². The van der Waals surface area contributed by atoms with Gasteiger partial charge in [0.25, 0.3) is 0 Å². The van der Waals surface area contributed by atoms with Gasteiger partial charge in [-0.15, -0.1) is 0 Å². The molecular formula is C18H14O4. The van der Waals surface area contributed by atoms with Crippen molar-refractivity contribution in [3.63, 3.8) is 0 Å². The monoisotopic (exact) mass is 294 g/mol. The molecule has 3 rings (SSSR count). The van der Waals surface area contributed by atoms with Crippen LogP contribution in [-0.2, 0) is 4.74 Å². The van der Waals surface area contributed by atoms with Crippen LogP contribution >= 0.6 is 0 Å². The van der Waals surface area contributed by atoms with E-state index in [4.69, 9.17) is 4.74 Å². The molecule has 0 bridgehead atoms. The highest BCUT2D eigenvalue weighted by Crippen LogP contribution is 2.31. The zero-order valence-corrected chi connectivity index (χ0v) is 12.0. The molecule has 0 aliphatic carbocycles. The molecule has 110 valence electrons. The van der Waals surface area contributed by atoms with Crippen LogP contribution in [0.15, 0.2) is 48.5 Å². The molecule has 3 aromatic rings. The number of carbonyl (C=O) groups excluding carboxylic acids is 1. The number of carboxylic acid groups (broad SMARTS) is 1. The topological polar surface area (TPSA) is 63.6 Å². The van der Waals surface area contributed by atoms with Crippen molar-refractivity contribution in [2.75, 3.05) is 6.61 Å². The minimum absolute atomic E-state index is 0.180. The largest absolute Gasteiger partial charge is 0.478 e. The second kappa shape index (κ2) is 5.48. The summed E-state index contributed by atoms with van der Waals surface area (Å²) in [6.07, 6.45) is 0. The van der Waals surface area contributed by atoms with Crippen LogP contribution in [-0.4, -0.2) is 23.7 Å². The molecule has 0 heterocycles. The van der Waals surface area contributed by atoms with Gasteiger partial charge in [0.15, 0.2) is 0 Å². The predicted octanol–water partition coefficient (Wildman–Crippen LogP) is 3.87. The number of ether oxygens (including phenoxy) is 1. The molecule has 0 unspecified atom stereocenters. The van der Waals surface area contributed by atoms with Crippen LogP contribution in [0.4, 0.5) is 0 Å². The van der Waals surface area contributed by atoms with Crippen molar-refractivity contribution in [2.24, 2.45) is 0 Å². The Morgan fingerprint density at radius 3 is 2.00 bits per heavy atom. The van der Waals surface area contributed by atoms with Gasteiger partial charge < -0.3 is 9.84 Å². The van der Waals surface area contributed by atoms with Gasteiger partial charge >= 0.3 is 11.9 Å². The average Bonchev–Trinajstić information content (AvgIpc) is 2.53. The Morgan fingerprint density at radius 1 is 0.909 bits per heavy atom. The van der Waals surface area contributed by atoms with Crippen molar-refractivity contribution in [1.82, 2.24) is 0 Å². The number of fused-ring (bicyclic) bond motifs is 3. The van der Waals surface area contributed by atoms with Crippen LogP contribution in [0.5, 0.6) is 0 Å². The SMILES string of the molecule is CCOC(=O)c1cccc2ccc3cccc(C(=O)O)c3c12. The van der Waals surface area contributed by atoms with Gasteiger partial charge in [0.1, 0.15) is 0 Å². The first kappa shape index (κ1) is 14.1. The molecule has 3 aromatic carbocycles. The van der Waals surface area contributed by atoms with Crippen LogP contribution < -0.4 is 0 Å². The van der Waals surface area contributed by atoms with Crippen LogP contribution in [0.3, 0.4) is 0 Å². The molecule has 0 atom stereocenters. The first-order chi connectivity index (χ1) is 10.6. The fraction of sp³-hybridized carbons (Fsp3) is 0.111. The summed E-state index contributed by atoms with van der Waals surface area (Å²) in [6.45, 7) is 2.01. The van der Waals surface area contributed by atoms with E-state index in [-0.39, 0.29) is 12.2 Å². The van der Waals surface area contributed by atoms with Gasteiger partial charge in [-0.25, -0.2) is 9.59 Å². The number of hydrogen-bond acceptors (Lipinski definition) is 3. The predicted molar refractivity (Wildman–Crippen MR) is 84.4 cm³/mol. The highest BCUT2D eigenvalue weighted by molar-refractivity contribution is 6.21. The minimum Gasteiger partial charge on any atom is -0.478 e. The summed E-state index contributed by atoms with van der Waals surface area (Å²) in [7, 11) is 0. The van der Waals surface area contributed by atoms with E-state index in [1.807, 2.05) is 24.3 Å². The van der Waals surface area contributed by atoms with Gasteiger partial charge in [-0.2, -0.15) is 0 Å². The van der Waals surface area contributed by atoms with Crippen LogP contribution in [0.2, 0.25) is 0 Å². The third-order valence-electron chi connectivity index (χ3n) is 3.61. The second-order valence-corrected chi connectivity index (χ2v) is 4.90. The van der Waals surface area contributed by atoms with Crippen LogP contribution in [0, 0.1) is 0 Å². The molecule has 0 spiro atoms. The Labute approximate surface area is 126 Å². The van der Waals surface area contributed by atoms with Gasteiger partial charge in [0.2, 0.25) is 0 Å². The third kappa shape index (κ3) is 2.19. The number of hydrogen-bond donors (Lipinski definition) is 1. The Hall–Kier alpha value is -2.88. The molecule has 4 nitrogen and oxygen atoms in total. The van der Waals surface area contributed by atoms with Crippen molar-refractivity contribution in [1.29, 1.82) is 0 Å². The zero-order valence-electron chi connectivity index (χ0n) is 12.0. The summed E-state index contributed by atoms with van der Waals surface area (Å²) in [4.78, 5) is 23.8. The smallest absolute Gasteiger partial charge is 0.338 e. The maximum absolute atomic E-state index is 12.2. The molecule has 0 saturated carbocycles. The van der Waals surface area contributed by atoms with Crippen LogP contribution in [0.25, 0.3) is 21.5 Å². The first-order valence-corrected chi connectivity index (χ1v) is 6.98. The van der Waals surface area contributed by atoms with E-state index in [9.17, 15) is 14.7 Å². The normalized spacial score (nSPS) is 10.8. The van der Waals surface area contributed by atoms with Crippen molar-refractivity contribution < 1.29 is 19.4 Å². The van der Waals surface area contributed by atoms with Crippen molar-refractivity contribution >= 4 is 33.5 Å². The standard InChI is InChI=1S/C18H14O4/c1-2-22-18(21)14-8-4-6-12-10-9-11-5-3-7-13(17(19)20)15(11)16(12)14/h3-10H,2H2,1H3,(H,19,20). The van der Waals surface area contributed by atoms with E-state index in [1.54, 1.807) is 31.2 Å². The molecule has 22 heavy (non-hydrogen) atoms. The number of carboxylic acids is 1. The second-order valence-electron chi connectivity index (χ2n) is 4.90. The van der Waals surface area contributed by atoms with Crippen LogP contribution in [0.1, 0.15) is 27.6 Å². The van der Waals surface area contributed by atoms with Crippen molar-refractivity contribution in [3.05, 3.63) is 59.7 Å². The first-order valence-electron chi connectivity index (χ1n) is 6.98. The lowest BCUT2D eigenvalue weighted by molar-refractivity contribution is 0.0528. The Bertz CT molecular complexity index is 896. The zero-order chi connectivity index (χ0) is 15.7. The fourth-order valence-corrected chi connectivity index (χ4v) is 2.71.